The first-order valence-electron chi connectivity index (χ1n) is 9.05. The Labute approximate surface area is 179 Å². The largest absolute Gasteiger partial charge is 0.496 e. The number of hydrazine groups is 1. The summed E-state index contributed by atoms with van der Waals surface area (Å²) in [5, 5.41) is 5.05. The number of thiocarbonyl (C=S) groups is 1. The van der Waals surface area contributed by atoms with E-state index in [0.717, 1.165) is 5.56 Å². The van der Waals surface area contributed by atoms with Gasteiger partial charge in [-0.25, -0.2) is 0 Å². The van der Waals surface area contributed by atoms with Crippen molar-refractivity contribution >= 4 is 46.8 Å². The first-order chi connectivity index (χ1) is 14.4. The summed E-state index contributed by atoms with van der Waals surface area (Å²) < 4.78 is 5.21. The van der Waals surface area contributed by atoms with Gasteiger partial charge in [0.05, 0.1) is 7.11 Å². The molecule has 0 aliphatic heterocycles. The van der Waals surface area contributed by atoms with Crippen molar-refractivity contribution in [1.82, 2.24) is 16.2 Å². The van der Waals surface area contributed by atoms with Gasteiger partial charge < -0.3 is 10.1 Å². The van der Waals surface area contributed by atoms with Gasteiger partial charge in [0.25, 0.3) is 5.91 Å². The van der Waals surface area contributed by atoms with Crippen molar-refractivity contribution in [3.05, 3.63) is 65.7 Å². The summed E-state index contributed by atoms with van der Waals surface area (Å²) in [4.78, 5) is 35.5. The number of ether oxygens (including phenoxy) is 1. The summed E-state index contributed by atoms with van der Waals surface area (Å²) >= 11 is 5.00. The first kappa shape index (κ1) is 22.6. The van der Waals surface area contributed by atoms with Crippen LogP contribution in [-0.2, 0) is 9.59 Å². The number of carbonyl (C=O) groups excluding carboxylic acids is 3. The maximum absolute atomic E-state index is 12.1. The van der Waals surface area contributed by atoms with Crippen molar-refractivity contribution < 1.29 is 19.1 Å². The van der Waals surface area contributed by atoms with Crippen LogP contribution < -0.4 is 26.2 Å². The van der Waals surface area contributed by atoms with E-state index in [2.05, 4.69) is 21.5 Å². The van der Waals surface area contributed by atoms with E-state index in [1.165, 1.54) is 6.08 Å². The SMILES string of the molecule is CCC(=O)Nc1ccc(C(=O)NNC(=S)NC(=O)C=Cc2ccccc2OC)cc1. The quantitative estimate of drug-likeness (QED) is 0.321. The van der Waals surface area contributed by atoms with Crippen molar-refractivity contribution in [2.45, 2.75) is 13.3 Å². The molecule has 30 heavy (non-hydrogen) atoms. The molecular weight excluding hydrogens is 404 g/mol. The van der Waals surface area contributed by atoms with Gasteiger partial charge in [0.1, 0.15) is 5.75 Å². The minimum Gasteiger partial charge on any atom is -0.496 e. The van der Waals surface area contributed by atoms with Crippen LogP contribution in [0.25, 0.3) is 6.08 Å². The molecule has 0 bridgehead atoms. The summed E-state index contributed by atoms with van der Waals surface area (Å²) in [7, 11) is 1.54. The molecule has 8 nitrogen and oxygen atoms in total. The number of carbonyl (C=O) groups is 3. The molecule has 3 amide bonds. The number of rotatable bonds is 6. The van der Waals surface area contributed by atoms with Crippen LogP contribution in [0.1, 0.15) is 29.3 Å². The van der Waals surface area contributed by atoms with E-state index in [1.807, 2.05) is 12.1 Å². The van der Waals surface area contributed by atoms with Gasteiger partial charge in [0.15, 0.2) is 5.11 Å². The standard InChI is InChI=1S/C21H22N4O4S/c1-3-18(26)22-16-11-8-15(9-12-16)20(28)24-25-21(30)23-19(27)13-10-14-6-4-5-7-17(14)29-2/h4-13H,3H2,1-2H3,(H,22,26)(H,24,28)(H2,23,25,27,30). The zero-order valence-corrected chi connectivity index (χ0v) is 17.3. The number of hydrogen-bond donors (Lipinski definition) is 4. The summed E-state index contributed by atoms with van der Waals surface area (Å²) in [6, 6.07) is 13.6. The fraction of sp³-hybridized carbons (Fsp3) is 0.143. The molecule has 0 saturated carbocycles. The number of methoxy groups -OCH3 is 1. The first-order valence-corrected chi connectivity index (χ1v) is 9.46. The number of anilines is 1. The van der Waals surface area contributed by atoms with E-state index in [-0.39, 0.29) is 11.0 Å². The van der Waals surface area contributed by atoms with E-state index in [4.69, 9.17) is 17.0 Å². The number of para-hydroxylation sites is 1. The molecule has 0 heterocycles. The molecule has 0 aromatic heterocycles. The molecule has 156 valence electrons. The molecule has 2 aromatic rings. The highest BCUT2D eigenvalue weighted by molar-refractivity contribution is 7.80. The second-order valence-electron chi connectivity index (χ2n) is 5.95. The average molecular weight is 426 g/mol. The fourth-order valence-corrected chi connectivity index (χ4v) is 2.45. The average Bonchev–Trinajstić information content (AvgIpc) is 2.76. The van der Waals surface area contributed by atoms with Gasteiger partial charge in [0.2, 0.25) is 11.8 Å². The van der Waals surface area contributed by atoms with E-state index in [9.17, 15) is 14.4 Å². The highest BCUT2D eigenvalue weighted by atomic mass is 32.1. The van der Waals surface area contributed by atoms with Crippen molar-refractivity contribution in [3.8, 4) is 5.75 Å². The number of nitrogens with one attached hydrogen (secondary N) is 4. The Bertz CT molecular complexity index is 958. The lowest BCUT2D eigenvalue weighted by Gasteiger charge is -2.10. The molecule has 0 spiro atoms. The third-order valence-corrected chi connectivity index (χ3v) is 4.04. The molecule has 0 atom stereocenters. The second kappa shape index (κ2) is 11.3. The number of hydrogen-bond acceptors (Lipinski definition) is 5. The van der Waals surface area contributed by atoms with Crippen LogP contribution >= 0.6 is 12.2 Å². The minimum absolute atomic E-state index is 0.0649. The Kier molecular flexibility index (Phi) is 8.52. The van der Waals surface area contributed by atoms with Crippen LogP contribution in [0.5, 0.6) is 5.75 Å². The Balaban J connectivity index is 1.82. The molecule has 0 radical (unpaired) electrons. The molecular formula is C21H22N4O4S. The molecule has 0 aliphatic carbocycles. The topological polar surface area (TPSA) is 109 Å². The monoisotopic (exact) mass is 426 g/mol. The van der Waals surface area contributed by atoms with Crippen molar-refractivity contribution in [2.75, 3.05) is 12.4 Å². The highest BCUT2D eigenvalue weighted by Crippen LogP contribution is 2.18. The number of amides is 3. The fourth-order valence-electron chi connectivity index (χ4n) is 2.29. The maximum Gasteiger partial charge on any atom is 0.269 e. The highest BCUT2D eigenvalue weighted by Gasteiger charge is 2.08. The Morgan fingerprint density at radius 3 is 2.40 bits per heavy atom. The van der Waals surface area contributed by atoms with Gasteiger partial charge in [-0.3, -0.25) is 30.6 Å². The van der Waals surface area contributed by atoms with Gasteiger partial charge in [-0.05, 0) is 48.6 Å². The Morgan fingerprint density at radius 1 is 1.03 bits per heavy atom. The molecule has 4 N–H and O–H groups in total. The molecule has 0 saturated heterocycles. The molecule has 2 aromatic carbocycles. The van der Waals surface area contributed by atoms with Crippen LogP contribution in [-0.4, -0.2) is 29.9 Å². The number of benzene rings is 2. The molecule has 0 fully saturated rings. The zero-order valence-electron chi connectivity index (χ0n) is 16.5. The Hall–Kier alpha value is -3.72. The van der Waals surface area contributed by atoms with Crippen LogP contribution in [0.2, 0.25) is 0 Å². The lowest BCUT2D eigenvalue weighted by atomic mass is 10.2. The van der Waals surface area contributed by atoms with Crippen LogP contribution in [0, 0.1) is 0 Å². The van der Waals surface area contributed by atoms with Gasteiger partial charge in [-0.15, -0.1) is 0 Å². The van der Waals surface area contributed by atoms with Crippen molar-refractivity contribution in [1.29, 1.82) is 0 Å². The maximum atomic E-state index is 12.1. The zero-order chi connectivity index (χ0) is 21.9. The van der Waals surface area contributed by atoms with Crippen LogP contribution in [0.15, 0.2) is 54.6 Å². The normalized spacial score (nSPS) is 10.2. The van der Waals surface area contributed by atoms with E-state index >= 15 is 0 Å². The summed E-state index contributed by atoms with van der Waals surface area (Å²) in [6.07, 6.45) is 3.26. The second-order valence-corrected chi connectivity index (χ2v) is 6.36. The lowest BCUT2D eigenvalue weighted by molar-refractivity contribution is -0.116. The molecule has 0 unspecified atom stereocenters. The predicted molar refractivity (Wildman–Crippen MR) is 119 cm³/mol. The summed E-state index contributed by atoms with van der Waals surface area (Å²) in [5.74, 6) is -0.405. The third kappa shape index (κ3) is 7.02. The van der Waals surface area contributed by atoms with E-state index in [0.29, 0.717) is 23.4 Å². The van der Waals surface area contributed by atoms with Gasteiger partial charge >= 0.3 is 0 Å². The van der Waals surface area contributed by atoms with Crippen LogP contribution in [0.4, 0.5) is 5.69 Å². The van der Waals surface area contributed by atoms with Crippen LogP contribution in [0.3, 0.4) is 0 Å². The lowest BCUT2D eigenvalue weighted by Crippen LogP contribution is -2.48. The summed E-state index contributed by atoms with van der Waals surface area (Å²) in [6.45, 7) is 1.75. The van der Waals surface area contributed by atoms with Gasteiger partial charge in [-0.1, -0.05) is 25.1 Å². The molecule has 9 heteroatoms. The van der Waals surface area contributed by atoms with Crippen molar-refractivity contribution in [3.63, 3.8) is 0 Å². The molecule has 0 aliphatic rings. The van der Waals surface area contributed by atoms with Gasteiger partial charge in [-0.2, -0.15) is 0 Å². The smallest absolute Gasteiger partial charge is 0.269 e. The van der Waals surface area contributed by atoms with E-state index in [1.54, 1.807) is 56.5 Å². The minimum atomic E-state index is -0.469. The third-order valence-electron chi connectivity index (χ3n) is 3.83. The summed E-state index contributed by atoms with van der Waals surface area (Å²) in [5.41, 5.74) is 6.53. The Morgan fingerprint density at radius 2 is 1.73 bits per heavy atom. The van der Waals surface area contributed by atoms with Crippen molar-refractivity contribution in [2.24, 2.45) is 0 Å². The van der Waals surface area contributed by atoms with E-state index < -0.39 is 11.8 Å². The molecule has 2 rings (SSSR count). The van der Waals surface area contributed by atoms with Gasteiger partial charge in [0, 0.05) is 29.3 Å². The predicted octanol–water partition coefficient (Wildman–Crippen LogP) is 2.39.